The standard InChI is InChI=1S/C10H12BrNO/c11-9-3-1-8(2-4-9)10(13)7-12-5-6-12/h1-4,10,13H,5-7H2. The molecule has 1 fully saturated rings. The molecule has 70 valence electrons. The lowest BCUT2D eigenvalue weighted by Gasteiger charge is -2.10. The molecular formula is C10H12BrNO. The third kappa shape index (κ3) is 2.53. The number of halogens is 1. The first kappa shape index (κ1) is 9.19. The highest BCUT2D eigenvalue weighted by atomic mass is 79.9. The van der Waals surface area contributed by atoms with E-state index in [2.05, 4.69) is 20.8 Å². The van der Waals surface area contributed by atoms with Crippen molar-refractivity contribution in [3.8, 4) is 0 Å². The SMILES string of the molecule is OC(CN1CC1)c1ccc(Br)cc1. The lowest BCUT2D eigenvalue weighted by atomic mass is 10.1. The smallest absolute Gasteiger partial charge is 0.0916 e. The van der Waals surface area contributed by atoms with E-state index >= 15 is 0 Å². The van der Waals surface area contributed by atoms with Crippen LogP contribution in [0, 0.1) is 0 Å². The van der Waals surface area contributed by atoms with Crippen LogP contribution in [-0.4, -0.2) is 29.6 Å². The van der Waals surface area contributed by atoms with Crippen LogP contribution in [0.5, 0.6) is 0 Å². The van der Waals surface area contributed by atoms with E-state index in [0.29, 0.717) is 0 Å². The van der Waals surface area contributed by atoms with E-state index < -0.39 is 0 Å². The van der Waals surface area contributed by atoms with Crippen LogP contribution in [0.3, 0.4) is 0 Å². The van der Waals surface area contributed by atoms with Gasteiger partial charge in [-0.2, -0.15) is 0 Å². The van der Waals surface area contributed by atoms with Crippen molar-refractivity contribution in [1.29, 1.82) is 0 Å². The predicted molar refractivity (Wildman–Crippen MR) is 55.5 cm³/mol. The van der Waals surface area contributed by atoms with E-state index in [1.54, 1.807) is 0 Å². The largest absolute Gasteiger partial charge is 0.387 e. The molecule has 1 unspecified atom stereocenters. The maximum atomic E-state index is 9.76. The maximum absolute atomic E-state index is 9.76. The van der Waals surface area contributed by atoms with Crippen molar-refractivity contribution >= 4 is 15.9 Å². The van der Waals surface area contributed by atoms with Crippen molar-refractivity contribution in [3.63, 3.8) is 0 Å². The molecule has 1 atom stereocenters. The van der Waals surface area contributed by atoms with Crippen molar-refractivity contribution in [2.75, 3.05) is 19.6 Å². The van der Waals surface area contributed by atoms with E-state index in [1.807, 2.05) is 24.3 Å². The molecule has 0 aliphatic carbocycles. The molecule has 2 rings (SSSR count). The second kappa shape index (κ2) is 3.78. The van der Waals surface area contributed by atoms with Crippen LogP contribution in [0.25, 0.3) is 0 Å². The number of hydrogen-bond donors (Lipinski definition) is 1. The minimum atomic E-state index is -0.337. The highest BCUT2D eigenvalue weighted by molar-refractivity contribution is 9.10. The summed E-state index contributed by atoms with van der Waals surface area (Å²) in [7, 11) is 0. The van der Waals surface area contributed by atoms with Gasteiger partial charge in [-0.1, -0.05) is 28.1 Å². The maximum Gasteiger partial charge on any atom is 0.0916 e. The summed E-state index contributed by atoms with van der Waals surface area (Å²) in [6, 6.07) is 7.83. The van der Waals surface area contributed by atoms with Crippen LogP contribution in [-0.2, 0) is 0 Å². The number of benzene rings is 1. The first-order valence-corrected chi connectivity index (χ1v) is 5.21. The van der Waals surface area contributed by atoms with Crippen LogP contribution >= 0.6 is 15.9 Å². The molecule has 0 amide bonds. The van der Waals surface area contributed by atoms with Gasteiger partial charge >= 0.3 is 0 Å². The summed E-state index contributed by atoms with van der Waals surface area (Å²) >= 11 is 3.37. The number of aliphatic hydroxyl groups is 1. The molecule has 1 aromatic rings. The number of nitrogens with zero attached hydrogens (tertiary/aromatic N) is 1. The molecule has 0 saturated carbocycles. The van der Waals surface area contributed by atoms with Gasteiger partial charge in [-0.15, -0.1) is 0 Å². The monoisotopic (exact) mass is 241 g/mol. The molecule has 0 radical (unpaired) electrons. The average Bonchev–Trinajstić information content (AvgIpc) is 2.89. The van der Waals surface area contributed by atoms with E-state index in [0.717, 1.165) is 29.7 Å². The molecule has 1 heterocycles. The van der Waals surface area contributed by atoms with Crippen LogP contribution < -0.4 is 0 Å². The van der Waals surface area contributed by atoms with Crippen molar-refractivity contribution in [3.05, 3.63) is 34.3 Å². The molecule has 1 aromatic carbocycles. The summed E-state index contributed by atoms with van der Waals surface area (Å²) in [6.07, 6.45) is -0.337. The molecule has 1 aliphatic rings. The van der Waals surface area contributed by atoms with Gasteiger partial charge < -0.3 is 5.11 Å². The lowest BCUT2D eigenvalue weighted by molar-refractivity contribution is 0.156. The summed E-state index contributed by atoms with van der Waals surface area (Å²) in [5.74, 6) is 0. The molecular weight excluding hydrogens is 230 g/mol. The molecule has 0 aromatic heterocycles. The lowest BCUT2D eigenvalue weighted by Crippen LogP contribution is -2.10. The van der Waals surface area contributed by atoms with Crippen LogP contribution in [0.15, 0.2) is 28.7 Å². The fraction of sp³-hybridized carbons (Fsp3) is 0.400. The topological polar surface area (TPSA) is 23.2 Å². The van der Waals surface area contributed by atoms with Crippen molar-refractivity contribution in [1.82, 2.24) is 4.90 Å². The zero-order chi connectivity index (χ0) is 9.26. The first-order valence-electron chi connectivity index (χ1n) is 4.41. The molecule has 2 nitrogen and oxygen atoms in total. The van der Waals surface area contributed by atoms with Crippen LogP contribution in [0.2, 0.25) is 0 Å². The van der Waals surface area contributed by atoms with Crippen molar-refractivity contribution in [2.24, 2.45) is 0 Å². The predicted octanol–water partition coefficient (Wildman–Crippen LogP) is 1.80. The Bertz CT molecular complexity index is 281. The number of aliphatic hydroxyl groups excluding tert-OH is 1. The third-order valence-corrected chi connectivity index (χ3v) is 2.75. The Labute approximate surface area is 86.3 Å². The van der Waals surface area contributed by atoms with Gasteiger partial charge in [-0.25, -0.2) is 0 Å². The molecule has 1 aliphatic heterocycles. The van der Waals surface area contributed by atoms with Gasteiger partial charge in [0, 0.05) is 24.1 Å². The second-order valence-electron chi connectivity index (χ2n) is 3.37. The molecule has 1 N–H and O–H groups in total. The quantitative estimate of drug-likeness (QED) is 0.817. The Kier molecular flexibility index (Phi) is 2.67. The Hall–Kier alpha value is -0.380. The van der Waals surface area contributed by atoms with Crippen molar-refractivity contribution in [2.45, 2.75) is 6.10 Å². The summed E-state index contributed by atoms with van der Waals surface area (Å²) in [5, 5.41) is 9.76. The van der Waals surface area contributed by atoms with Gasteiger partial charge in [0.1, 0.15) is 0 Å². The Morgan fingerprint density at radius 3 is 2.46 bits per heavy atom. The average molecular weight is 242 g/mol. The van der Waals surface area contributed by atoms with Gasteiger partial charge in [0.05, 0.1) is 6.10 Å². The van der Waals surface area contributed by atoms with Gasteiger partial charge in [0.15, 0.2) is 0 Å². The fourth-order valence-corrected chi connectivity index (χ4v) is 1.55. The highest BCUT2D eigenvalue weighted by Gasteiger charge is 2.21. The molecule has 1 saturated heterocycles. The van der Waals surface area contributed by atoms with Gasteiger partial charge in [-0.3, -0.25) is 4.90 Å². The minimum Gasteiger partial charge on any atom is -0.387 e. The van der Waals surface area contributed by atoms with Crippen LogP contribution in [0.4, 0.5) is 0 Å². The zero-order valence-electron chi connectivity index (χ0n) is 7.28. The summed E-state index contributed by atoms with van der Waals surface area (Å²) in [6.45, 7) is 3.03. The fourth-order valence-electron chi connectivity index (χ4n) is 1.29. The van der Waals surface area contributed by atoms with E-state index in [1.165, 1.54) is 0 Å². The number of rotatable bonds is 3. The Morgan fingerprint density at radius 1 is 1.31 bits per heavy atom. The van der Waals surface area contributed by atoms with Gasteiger partial charge in [0.25, 0.3) is 0 Å². The molecule has 0 spiro atoms. The minimum absolute atomic E-state index is 0.337. The van der Waals surface area contributed by atoms with E-state index in [9.17, 15) is 5.11 Å². The zero-order valence-corrected chi connectivity index (χ0v) is 8.87. The summed E-state index contributed by atoms with van der Waals surface area (Å²) < 4.78 is 1.05. The highest BCUT2D eigenvalue weighted by Crippen LogP contribution is 2.19. The van der Waals surface area contributed by atoms with Gasteiger partial charge in [-0.05, 0) is 17.7 Å². The second-order valence-corrected chi connectivity index (χ2v) is 4.28. The third-order valence-electron chi connectivity index (χ3n) is 2.23. The van der Waals surface area contributed by atoms with E-state index in [4.69, 9.17) is 0 Å². The van der Waals surface area contributed by atoms with Crippen LogP contribution in [0.1, 0.15) is 11.7 Å². The number of β-amino-alcohol motifs (C(OH)–C–C–N with tert-alkyl or cyclic N) is 1. The molecule has 3 heteroatoms. The first-order chi connectivity index (χ1) is 6.25. The number of hydrogen-bond acceptors (Lipinski definition) is 2. The Morgan fingerprint density at radius 2 is 1.92 bits per heavy atom. The molecule has 13 heavy (non-hydrogen) atoms. The summed E-state index contributed by atoms with van der Waals surface area (Å²) in [4.78, 5) is 2.21. The normalized spacial score (nSPS) is 18.6. The molecule has 0 bridgehead atoms. The summed E-state index contributed by atoms with van der Waals surface area (Å²) in [5.41, 5.74) is 0.995. The van der Waals surface area contributed by atoms with E-state index in [-0.39, 0.29) is 6.10 Å². The van der Waals surface area contributed by atoms with Gasteiger partial charge in [0.2, 0.25) is 0 Å². The Balaban J connectivity index is 2.01. The van der Waals surface area contributed by atoms with Crippen molar-refractivity contribution < 1.29 is 5.11 Å².